The van der Waals surface area contributed by atoms with Crippen molar-refractivity contribution in [2.45, 2.75) is 51.4 Å². The average Bonchev–Trinajstić information content (AvgIpc) is 3.27. The molecule has 0 aliphatic carbocycles. The van der Waals surface area contributed by atoms with Crippen molar-refractivity contribution in [1.82, 2.24) is 14.9 Å². The highest BCUT2D eigenvalue weighted by atomic mass is 19.1. The molecule has 1 saturated heterocycles. The quantitative estimate of drug-likeness (QED) is 0.365. The Labute approximate surface area is 203 Å². The van der Waals surface area contributed by atoms with Gasteiger partial charge in [0.1, 0.15) is 30.5 Å². The van der Waals surface area contributed by atoms with Gasteiger partial charge >= 0.3 is 0 Å². The summed E-state index contributed by atoms with van der Waals surface area (Å²) in [7, 11) is 0. The Morgan fingerprint density at radius 3 is 2.71 bits per heavy atom. The van der Waals surface area contributed by atoms with Crippen LogP contribution in [-0.2, 0) is 25.8 Å². The number of anilines is 1. The maximum absolute atomic E-state index is 14.4. The minimum absolute atomic E-state index is 0.0174. The molecule has 0 saturated carbocycles. The van der Waals surface area contributed by atoms with Crippen molar-refractivity contribution in [3.8, 4) is 0 Å². The number of nitrogens with zero attached hydrogens (tertiary/aromatic N) is 3. The lowest BCUT2D eigenvalue weighted by atomic mass is 9.99. The number of likely N-dealkylation sites (tertiary alicyclic amines) is 1. The minimum Gasteiger partial charge on any atom is -0.327 e. The molecule has 1 aliphatic heterocycles. The van der Waals surface area contributed by atoms with Crippen molar-refractivity contribution in [3.63, 3.8) is 0 Å². The van der Waals surface area contributed by atoms with Gasteiger partial charge in [0.25, 0.3) is 0 Å². The van der Waals surface area contributed by atoms with E-state index in [-0.39, 0.29) is 31.9 Å². The monoisotopic (exact) mass is 488 g/mol. The molecule has 3 amide bonds. The van der Waals surface area contributed by atoms with Crippen molar-refractivity contribution in [1.29, 1.82) is 0 Å². The minimum atomic E-state index is -1.36. The summed E-state index contributed by atoms with van der Waals surface area (Å²) in [6.07, 6.45) is 1.94. The largest absolute Gasteiger partial charge is 0.327 e. The van der Waals surface area contributed by atoms with Gasteiger partial charge in [-0.25, -0.2) is 18.8 Å². The van der Waals surface area contributed by atoms with Gasteiger partial charge in [0, 0.05) is 6.42 Å². The maximum atomic E-state index is 14.4. The number of carbonyl (C=O) groups excluding carboxylic acids is 3. The van der Waals surface area contributed by atoms with E-state index in [1.165, 1.54) is 11.0 Å². The van der Waals surface area contributed by atoms with Crippen molar-refractivity contribution in [2.75, 3.05) is 18.4 Å². The second-order valence-electron chi connectivity index (χ2n) is 8.49. The van der Waals surface area contributed by atoms with Crippen LogP contribution in [0.1, 0.15) is 38.2 Å². The van der Waals surface area contributed by atoms with Crippen LogP contribution < -0.4 is 5.32 Å². The zero-order valence-corrected chi connectivity index (χ0v) is 19.6. The lowest BCUT2D eigenvalue weighted by Gasteiger charge is -2.30. The number of alkyl halides is 1. The number of halogens is 2. The highest BCUT2D eigenvalue weighted by Crippen LogP contribution is 2.26. The molecule has 3 rings (SSSR count). The molecule has 3 atom stereocenters. The van der Waals surface area contributed by atoms with Crippen LogP contribution in [-0.4, -0.2) is 58.5 Å². The van der Waals surface area contributed by atoms with E-state index in [4.69, 9.17) is 4.84 Å². The number of carbonyl (C=O) groups is 3. The van der Waals surface area contributed by atoms with Gasteiger partial charge in [-0.3, -0.25) is 19.2 Å². The first-order chi connectivity index (χ1) is 16.9. The molecule has 0 bridgehead atoms. The summed E-state index contributed by atoms with van der Waals surface area (Å²) in [5.74, 6) is -2.13. The molecule has 1 N–H and O–H groups in total. The predicted molar refractivity (Wildman–Crippen MR) is 125 cm³/mol. The molecule has 2 heterocycles. The Bertz CT molecular complexity index is 977. The second kappa shape index (κ2) is 12.9. The molecule has 10 heteroatoms. The number of hydrogen-bond donors (Lipinski definition) is 1. The number of aromatic nitrogens is 1. The molecule has 35 heavy (non-hydrogen) atoms. The zero-order chi connectivity index (χ0) is 25.2. The van der Waals surface area contributed by atoms with E-state index in [1.54, 1.807) is 0 Å². The van der Waals surface area contributed by atoms with Crippen LogP contribution >= 0.6 is 0 Å². The third-order valence-electron chi connectivity index (χ3n) is 5.83. The normalized spacial score (nSPS) is 18.2. The highest BCUT2D eigenvalue weighted by Gasteiger charge is 2.42. The Balaban J connectivity index is 1.69. The van der Waals surface area contributed by atoms with E-state index in [9.17, 15) is 23.2 Å². The van der Waals surface area contributed by atoms with Crippen molar-refractivity contribution < 1.29 is 28.0 Å². The van der Waals surface area contributed by atoms with Gasteiger partial charge in [-0.15, -0.1) is 0 Å². The standard InChI is InChI=1S/C25H30F2N4O4/c1-2-3-9-19(14-30(17-32)35-16-18-7-5-4-6-8-18)25(34)31-15-21(27)12-22(31)24(33)29-23-11-10-20(26)13-28-23/h4-8,10-11,13,17,19,21-22H,2-3,9,12,14-16H2,1H3,(H,28,29,33)/t19-,21-,22+/m1/s1. The van der Waals surface area contributed by atoms with Crippen LogP contribution in [0.15, 0.2) is 48.7 Å². The van der Waals surface area contributed by atoms with Gasteiger partial charge in [0.15, 0.2) is 0 Å². The zero-order valence-electron chi connectivity index (χ0n) is 19.6. The first kappa shape index (κ1) is 26.2. The van der Waals surface area contributed by atoms with Gasteiger partial charge < -0.3 is 10.2 Å². The Morgan fingerprint density at radius 2 is 2.06 bits per heavy atom. The number of hydrogen-bond acceptors (Lipinski definition) is 5. The third kappa shape index (κ3) is 7.54. The second-order valence-corrected chi connectivity index (χ2v) is 8.49. The molecule has 0 radical (unpaired) electrons. The van der Waals surface area contributed by atoms with E-state index >= 15 is 0 Å². The third-order valence-corrected chi connectivity index (χ3v) is 5.83. The average molecular weight is 489 g/mol. The summed E-state index contributed by atoms with van der Waals surface area (Å²) in [5, 5.41) is 3.60. The fraction of sp³-hybridized carbons (Fsp3) is 0.440. The summed E-state index contributed by atoms with van der Waals surface area (Å²) in [4.78, 5) is 48.5. The first-order valence-corrected chi connectivity index (χ1v) is 11.7. The van der Waals surface area contributed by atoms with E-state index in [2.05, 4.69) is 10.3 Å². The van der Waals surface area contributed by atoms with Gasteiger partial charge in [-0.2, -0.15) is 0 Å². The Kier molecular flexibility index (Phi) is 9.66. The van der Waals surface area contributed by atoms with Gasteiger partial charge in [0.05, 0.1) is 25.2 Å². The van der Waals surface area contributed by atoms with E-state index in [0.717, 1.165) is 29.3 Å². The number of rotatable bonds is 12. The molecule has 188 valence electrons. The Morgan fingerprint density at radius 1 is 1.29 bits per heavy atom. The maximum Gasteiger partial charge on any atom is 0.248 e. The van der Waals surface area contributed by atoms with Gasteiger partial charge in [-0.05, 0) is 24.1 Å². The van der Waals surface area contributed by atoms with Crippen LogP contribution in [0.5, 0.6) is 0 Å². The molecule has 2 aromatic rings. The van der Waals surface area contributed by atoms with Crippen LogP contribution in [0.25, 0.3) is 0 Å². The number of hydroxylamine groups is 2. The number of pyridine rings is 1. The molecule has 0 unspecified atom stereocenters. The van der Waals surface area contributed by atoms with E-state index in [0.29, 0.717) is 19.3 Å². The fourth-order valence-corrected chi connectivity index (χ4v) is 3.99. The molecule has 1 aromatic heterocycles. The number of nitrogens with one attached hydrogen (secondary N) is 1. The lowest BCUT2D eigenvalue weighted by Crippen LogP contribution is -2.48. The number of benzene rings is 1. The summed E-state index contributed by atoms with van der Waals surface area (Å²) in [5.41, 5.74) is 0.863. The topological polar surface area (TPSA) is 91.8 Å². The smallest absolute Gasteiger partial charge is 0.248 e. The van der Waals surface area contributed by atoms with Crippen LogP contribution in [0.3, 0.4) is 0 Å². The van der Waals surface area contributed by atoms with Crippen LogP contribution in [0.4, 0.5) is 14.6 Å². The van der Waals surface area contributed by atoms with E-state index in [1.807, 2.05) is 37.3 Å². The molecule has 1 aliphatic rings. The first-order valence-electron chi connectivity index (χ1n) is 11.7. The van der Waals surface area contributed by atoms with Crippen molar-refractivity contribution >= 4 is 24.0 Å². The molecule has 8 nitrogen and oxygen atoms in total. The highest BCUT2D eigenvalue weighted by molar-refractivity contribution is 5.97. The number of amides is 3. The predicted octanol–water partition coefficient (Wildman–Crippen LogP) is 3.49. The summed E-state index contributed by atoms with van der Waals surface area (Å²) >= 11 is 0. The summed E-state index contributed by atoms with van der Waals surface area (Å²) in [6.45, 7) is 1.89. The fourth-order valence-electron chi connectivity index (χ4n) is 3.99. The Hall–Kier alpha value is -3.40. The van der Waals surface area contributed by atoms with Crippen LogP contribution in [0.2, 0.25) is 0 Å². The van der Waals surface area contributed by atoms with Gasteiger partial charge in [0.2, 0.25) is 18.2 Å². The molecule has 0 spiro atoms. The molecule has 1 fully saturated rings. The van der Waals surface area contributed by atoms with Crippen molar-refractivity contribution in [3.05, 3.63) is 60.0 Å². The number of unbranched alkanes of at least 4 members (excludes halogenated alkanes) is 1. The van der Waals surface area contributed by atoms with E-state index < -0.39 is 35.8 Å². The summed E-state index contributed by atoms with van der Waals surface area (Å²) in [6, 6.07) is 10.7. The van der Waals surface area contributed by atoms with Crippen LogP contribution in [0, 0.1) is 11.7 Å². The van der Waals surface area contributed by atoms with Crippen molar-refractivity contribution in [2.24, 2.45) is 5.92 Å². The lowest BCUT2D eigenvalue weighted by molar-refractivity contribution is -0.183. The SMILES string of the molecule is CCCC[C@H](CN(C=O)OCc1ccccc1)C(=O)N1C[C@H](F)C[C@H]1C(=O)Nc1ccc(F)cn1. The molecular formula is C25H30F2N4O4. The summed E-state index contributed by atoms with van der Waals surface area (Å²) < 4.78 is 27.5. The molecular weight excluding hydrogens is 458 g/mol. The van der Waals surface area contributed by atoms with Gasteiger partial charge in [-0.1, -0.05) is 50.1 Å². The molecule has 1 aromatic carbocycles.